The highest BCUT2D eigenvalue weighted by Gasteiger charge is 2.31. The van der Waals surface area contributed by atoms with Gasteiger partial charge in [-0.3, -0.25) is 4.79 Å². The van der Waals surface area contributed by atoms with Crippen LogP contribution in [0.2, 0.25) is 0 Å². The maximum Gasteiger partial charge on any atom is 0.240 e. The molecule has 0 spiro atoms. The molecule has 1 atom stereocenters. The van der Waals surface area contributed by atoms with Crippen molar-refractivity contribution in [2.45, 2.75) is 19.4 Å². The average Bonchev–Trinajstić information content (AvgIpc) is 2.96. The van der Waals surface area contributed by atoms with Crippen LogP contribution in [-0.4, -0.2) is 31.9 Å². The van der Waals surface area contributed by atoms with Crippen LogP contribution >= 0.6 is 0 Å². The van der Waals surface area contributed by atoms with E-state index in [1.807, 2.05) is 0 Å². The molecular weight excluding hydrogens is 296 g/mol. The van der Waals surface area contributed by atoms with Gasteiger partial charge in [-0.05, 0) is 47.5 Å². The van der Waals surface area contributed by atoms with E-state index < -0.39 is 0 Å². The number of aromatic hydroxyl groups is 3. The number of amides is 1. The van der Waals surface area contributed by atoms with E-state index in [1.165, 1.54) is 24.1 Å². The molecule has 0 saturated heterocycles. The number of carbonyl (C=O) groups is 1. The Hall–Kier alpha value is -3.02. The van der Waals surface area contributed by atoms with E-state index in [0.29, 0.717) is 12.0 Å². The molecule has 1 amide bonds. The number of hydrogen-bond donors (Lipinski definition) is 3. The highest BCUT2D eigenvalue weighted by Crippen LogP contribution is 2.36. The molecule has 0 aliphatic carbocycles. The van der Waals surface area contributed by atoms with Gasteiger partial charge in [-0.25, -0.2) is 5.01 Å². The molecule has 0 radical (unpaired) electrons. The number of phenolic OH excluding ortho intramolecular Hbond substituents is 3. The summed E-state index contributed by atoms with van der Waals surface area (Å²) in [5.74, 6) is -0.489. The monoisotopic (exact) mass is 312 g/mol. The number of benzene rings is 2. The Balaban J connectivity index is 1.95. The number of hydrazone groups is 1. The molecule has 1 unspecified atom stereocenters. The van der Waals surface area contributed by atoms with Crippen LogP contribution in [-0.2, 0) is 4.79 Å². The summed E-state index contributed by atoms with van der Waals surface area (Å²) in [4.78, 5) is 11.9. The first kappa shape index (κ1) is 14.9. The lowest BCUT2D eigenvalue weighted by Crippen LogP contribution is -2.24. The van der Waals surface area contributed by atoms with Crippen molar-refractivity contribution in [1.29, 1.82) is 0 Å². The lowest BCUT2D eigenvalue weighted by atomic mass is 9.98. The van der Waals surface area contributed by atoms with Crippen molar-refractivity contribution >= 4 is 11.6 Å². The molecule has 23 heavy (non-hydrogen) atoms. The molecular formula is C17H16N2O4. The molecule has 0 fully saturated rings. The Kier molecular flexibility index (Phi) is 3.65. The van der Waals surface area contributed by atoms with Gasteiger partial charge in [-0.15, -0.1) is 0 Å². The van der Waals surface area contributed by atoms with Crippen molar-refractivity contribution in [2.75, 3.05) is 0 Å². The SMILES string of the molecule is CC(=O)N1N=C(c2ccc(O)cc2)CC1c1ccc(O)c(O)c1. The molecule has 0 saturated carbocycles. The second kappa shape index (κ2) is 5.64. The zero-order valence-corrected chi connectivity index (χ0v) is 12.5. The standard InChI is InChI=1S/C17H16N2O4/c1-10(20)19-15(12-4-7-16(22)17(23)8-12)9-14(18-19)11-2-5-13(21)6-3-11/h2-8,15,21-23H,9H2,1H3. The number of carbonyl (C=O) groups excluding carboxylic acids is 1. The lowest BCUT2D eigenvalue weighted by molar-refractivity contribution is -0.130. The van der Waals surface area contributed by atoms with E-state index in [1.54, 1.807) is 30.3 Å². The van der Waals surface area contributed by atoms with Gasteiger partial charge in [0, 0.05) is 13.3 Å². The van der Waals surface area contributed by atoms with E-state index in [-0.39, 0.29) is 29.2 Å². The van der Waals surface area contributed by atoms with Crippen LogP contribution in [0.25, 0.3) is 0 Å². The smallest absolute Gasteiger partial charge is 0.240 e. The first-order valence-electron chi connectivity index (χ1n) is 7.14. The molecule has 0 bridgehead atoms. The summed E-state index contributed by atoms with van der Waals surface area (Å²) in [6.45, 7) is 1.43. The molecule has 118 valence electrons. The average molecular weight is 312 g/mol. The highest BCUT2D eigenvalue weighted by atomic mass is 16.3. The molecule has 3 N–H and O–H groups in total. The van der Waals surface area contributed by atoms with Crippen LogP contribution in [0.5, 0.6) is 17.2 Å². The third kappa shape index (κ3) is 2.83. The Morgan fingerprint density at radius 3 is 2.39 bits per heavy atom. The van der Waals surface area contributed by atoms with Gasteiger partial charge in [0.1, 0.15) is 5.75 Å². The summed E-state index contributed by atoms with van der Waals surface area (Å²) in [6.07, 6.45) is 0.481. The molecule has 1 heterocycles. The van der Waals surface area contributed by atoms with E-state index >= 15 is 0 Å². The van der Waals surface area contributed by atoms with Gasteiger partial charge in [0.2, 0.25) is 5.91 Å². The normalized spacial score (nSPS) is 17.2. The summed E-state index contributed by atoms with van der Waals surface area (Å²) in [7, 11) is 0. The van der Waals surface area contributed by atoms with Crippen LogP contribution in [0.1, 0.15) is 30.5 Å². The lowest BCUT2D eigenvalue weighted by Gasteiger charge is -2.20. The van der Waals surface area contributed by atoms with Crippen molar-refractivity contribution in [3.8, 4) is 17.2 Å². The second-order valence-corrected chi connectivity index (χ2v) is 5.43. The third-order valence-corrected chi connectivity index (χ3v) is 3.82. The number of nitrogens with zero attached hydrogens (tertiary/aromatic N) is 2. The Labute approximate surface area is 132 Å². The summed E-state index contributed by atoms with van der Waals surface area (Å²) >= 11 is 0. The minimum Gasteiger partial charge on any atom is -0.508 e. The summed E-state index contributed by atoms with van der Waals surface area (Å²) in [5.41, 5.74) is 2.23. The molecule has 6 nitrogen and oxygen atoms in total. The molecule has 0 aromatic heterocycles. The largest absolute Gasteiger partial charge is 0.508 e. The predicted octanol–water partition coefficient (Wildman–Crippen LogP) is 2.50. The van der Waals surface area contributed by atoms with Crippen molar-refractivity contribution < 1.29 is 20.1 Å². The fraction of sp³-hybridized carbons (Fsp3) is 0.176. The van der Waals surface area contributed by atoms with Crippen LogP contribution in [0.4, 0.5) is 0 Å². The van der Waals surface area contributed by atoms with E-state index in [0.717, 1.165) is 11.3 Å². The number of hydrogen-bond acceptors (Lipinski definition) is 5. The molecule has 2 aromatic rings. The van der Waals surface area contributed by atoms with E-state index in [9.17, 15) is 20.1 Å². The molecule has 1 aliphatic heterocycles. The molecule has 2 aromatic carbocycles. The van der Waals surface area contributed by atoms with Crippen LogP contribution in [0.15, 0.2) is 47.6 Å². The number of phenols is 3. The van der Waals surface area contributed by atoms with Crippen LogP contribution < -0.4 is 0 Å². The maximum absolute atomic E-state index is 11.9. The van der Waals surface area contributed by atoms with Crippen LogP contribution in [0, 0.1) is 0 Å². The quantitative estimate of drug-likeness (QED) is 0.743. The maximum atomic E-state index is 11.9. The van der Waals surface area contributed by atoms with Crippen LogP contribution in [0.3, 0.4) is 0 Å². The van der Waals surface area contributed by atoms with Gasteiger partial charge in [-0.2, -0.15) is 5.10 Å². The first-order chi connectivity index (χ1) is 11.0. The predicted molar refractivity (Wildman–Crippen MR) is 84.3 cm³/mol. The van der Waals surface area contributed by atoms with Gasteiger partial charge in [0.25, 0.3) is 0 Å². The van der Waals surface area contributed by atoms with Gasteiger partial charge in [0.05, 0.1) is 11.8 Å². The van der Waals surface area contributed by atoms with Gasteiger partial charge >= 0.3 is 0 Å². The van der Waals surface area contributed by atoms with Gasteiger partial charge in [0.15, 0.2) is 11.5 Å². The van der Waals surface area contributed by atoms with Gasteiger partial charge < -0.3 is 15.3 Å². The number of rotatable bonds is 2. The summed E-state index contributed by atoms with van der Waals surface area (Å²) < 4.78 is 0. The topological polar surface area (TPSA) is 93.4 Å². The van der Waals surface area contributed by atoms with Crippen molar-refractivity contribution in [3.63, 3.8) is 0 Å². The second-order valence-electron chi connectivity index (χ2n) is 5.43. The minimum absolute atomic E-state index is 0.163. The van der Waals surface area contributed by atoms with Crippen molar-refractivity contribution in [1.82, 2.24) is 5.01 Å². The minimum atomic E-state index is -0.345. The molecule has 3 rings (SSSR count). The Bertz CT molecular complexity index is 784. The fourth-order valence-electron chi connectivity index (χ4n) is 2.64. The summed E-state index contributed by atoms with van der Waals surface area (Å²) in [5, 5.41) is 34.2. The van der Waals surface area contributed by atoms with Gasteiger partial charge in [-0.1, -0.05) is 6.07 Å². The van der Waals surface area contributed by atoms with Crippen molar-refractivity contribution in [3.05, 3.63) is 53.6 Å². The Morgan fingerprint density at radius 1 is 1.09 bits per heavy atom. The zero-order chi connectivity index (χ0) is 16.6. The molecule has 1 aliphatic rings. The molecule has 6 heteroatoms. The third-order valence-electron chi connectivity index (χ3n) is 3.82. The van der Waals surface area contributed by atoms with Crippen molar-refractivity contribution in [2.24, 2.45) is 5.10 Å². The summed E-state index contributed by atoms with van der Waals surface area (Å²) in [6, 6.07) is 10.7. The fourth-order valence-corrected chi connectivity index (χ4v) is 2.64. The van der Waals surface area contributed by atoms with E-state index in [2.05, 4.69) is 5.10 Å². The highest BCUT2D eigenvalue weighted by molar-refractivity contribution is 6.03. The first-order valence-corrected chi connectivity index (χ1v) is 7.14. The zero-order valence-electron chi connectivity index (χ0n) is 12.5. The van der Waals surface area contributed by atoms with E-state index in [4.69, 9.17) is 0 Å². The Morgan fingerprint density at radius 2 is 1.78 bits per heavy atom.